The number of carboxylic acid groups (broad SMARTS) is 1. The van der Waals surface area contributed by atoms with Crippen LogP contribution in [0.5, 0.6) is 0 Å². The van der Waals surface area contributed by atoms with Crippen molar-refractivity contribution in [3.63, 3.8) is 0 Å². The summed E-state index contributed by atoms with van der Waals surface area (Å²) in [6.07, 6.45) is 0.708. The van der Waals surface area contributed by atoms with Crippen LogP contribution in [0.15, 0.2) is 35.7 Å². The SMILES string of the molecule is Cc1nc(NCCCC(=O)O)c2c(-c3ccccc3)csc2n1. The number of aromatic nitrogens is 2. The van der Waals surface area contributed by atoms with E-state index < -0.39 is 5.97 Å². The van der Waals surface area contributed by atoms with E-state index >= 15 is 0 Å². The Morgan fingerprint density at radius 1 is 1.26 bits per heavy atom. The van der Waals surface area contributed by atoms with Crippen molar-refractivity contribution in [2.45, 2.75) is 19.8 Å². The Kier molecular flexibility index (Phi) is 4.52. The molecule has 0 saturated heterocycles. The maximum Gasteiger partial charge on any atom is 0.303 e. The van der Waals surface area contributed by atoms with Crippen molar-refractivity contribution >= 4 is 33.3 Å². The third-order valence-corrected chi connectivity index (χ3v) is 4.36. The normalized spacial score (nSPS) is 10.8. The van der Waals surface area contributed by atoms with Gasteiger partial charge in [0.15, 0.2) is 0 Å². The smallest absolute Gasteiger partial charge is 0.303 e. The number of fused-ring (bicyclic) bond motifs is 1. The molecule has 0 atom stereocenters. The Morgan fingerprint density at radius 2 is 2.04 bits per heavy atom. The van der Waals surface area contributed by atoms with Crippen LogP contribution in [0, 0.1) is 6.92 Å². The molecule has 0 fully saturated rings. The fourth-order valence-corrected chi connectivity index (χ4v) is 3.45. The van der Waals surface area contributed by atoms with Crippen LogP contribution in [0.4, 0.5) is 5.82 Å². The first-order chi connectivity index (χ1) is 11.1. The summed E-state index contributed by atoms with van der Waals surface area (Å²) >= 11 is 1.60. The van der Waals surface area contributed by atoms with E-state index in [-0.39, 0.29) is 6.42 Å². The molecule has 118 valence electrons. The van der Waals surface area contributed by atoms with E-state index in [0.717, 1.165) is 27.2 Å². The van der Waals surface area contributed by atoms with Gasteiger partial charge in [0, 0.05) is 23.9 Å². The number of aryl methyl sites for hydroxylation is 1. The molecule has 3 aromatic rings. The second-order valence-corrected chi connectivity index (χ2v) is 6.10. The Labute approximate surface area is 138 Å². The zero-order chi connectivity index (χ0) is 16.2. The number of carbonyl (C=O) groups is 1. The summed E-state index contributed by atoms with van der Waals surface area (Å²) in [6, 6.07) is 10.1. The topological polar surface area (TPSA) is 75.1 Å². The van der Waals surface area contributed by atoms with Gasteiger partial charge in [0.2, 0.25) is 0 Å². The first-order valence-corrected chi connectivity index (χ1v) is 8.30. The molecule has 2 heterocycles. The number of hydrogen-bond acceptors (Lipinski definition) is 5. The van der Waals surface area contributed by atoms with E-state index in [1.807, 2.05) is 25.1 Å². The lowest BCUT2D eigenvalue weighted by Crippen LogP contribution is -2.07. The summed E-state index contributed by atoms with van der Waals surface area (Å²) < 4.78 is 0. The lowest BCUT2D eigenvalue weighted by molar-refractivity contribution is -0.137. The molecule has 3 rings (SSSR count). The van der Waals surface area contributed by atoms with Gasteiger partial charge in [-0.1, -0.05) is 30.3 Å². The van der Waals surface area contributed by atoms with Crippen molar-refractivity contribution in [2.75, 3.05) is 11.9 Å². The van der Waals surface area contributed by atoms with Gasteiger partial charge in [0.1, 0.15) is 16.5 Å². The largest absolute Gasteiger partial charge is 0.481 e. The first kappa shape index (κ1) is 15.4. The van der Waals surface area contributed by atoms with E-state index in [9.17, 15) is 4.79 Å². The molecule has 6 heteroatoms. The average molecular weight is 327 g/mol. The second kappa shape index (κ2) is 6.75. The molecule has 0 radical (unpaired) electrons. The molecule has 2 aromatic heterocycles. The molecular weight excluding hydrogens is 310 g/mol. The van der Waals surface area contributed by atoms with Crippen molar-refractivity contribution in [1.29, 1.82) is 0 Å². The quantitative estimate of drug-likeness (QED) is 0.671. The van der Waals surface area contributed by atoms with Crippen LogP contribution in [0.1, 0.15) is 18.7 Å². The number of hydrogen-bond donors (Lipinski definition) is 2. The molecule has 1 aromatic carbocycles. The highest BCUT2D eigenvalue weighted by molar-refractivity contribution is 7.17. The van der Waals surface area contributed by atoms with Crippen LogP contribution >= 0.6 is 11.3 Å². The van der Waals surface area contributed by atoms with Gasteiger partial charge in [-0.25, -0.2) is 9.97 Å². The minimum absolute atomic E-state index is 0.148. The summed E-state index contributed by atoms with van der Waals surface area (Å²) in [6.45, 7) is 2.44. The number of nitrogens with zero attached hydrogens (tertiary/aromatic N) is 2. The molecule has 0 aliphatic rings. The highest BCUT2D eigenvalue weighted by Crippen LogP contribution is 2.36. The zero-order valence-corrected chi connectivity index (χ0v) is 13.6. The number of nitrogens with one attached hydrogen (secondary N) is 1. The minimum atomic E-state index is -0.781. The third kappa shape index (κ3) is 3.48. The number of anilines is 1. The monoisotopic (exact) mass is 327 g/mol. The van der Waals surface area contributed by atoms with Gasteiger partial charge in [0.05, 0.1) is 5.39 Å². The fraction of sp³-hybridized carbons (Fsp3) is 0.235. The molecule has 2 N–H and O–H groups in total. The predicted molar refractivity (Wildman–Crippen MR) is 92.9 cm³/mol. The van der Waals surface area contributed by atoms with Crippen molar-refractivity contribution in [2.24, 2.45) is 0 Å². The van der Waals surface area contributed by atoms with Crippen LogP contribution in [0.25, 0.3) is 21.3 Å². The summed E-state index contributed by atoms with van der Waals surface area (Å²) in [5.41, 5.74) is 2.23. The standard InChI is InChI=1S/C17H17N3O2S/c1-11-19-16(18-9-5-8-14(21)22)15-13(10-23-17(15)20-11)12-6-3-2-4-7-12/h2-4,6-7,10H,5,8-9H2,1H3,(H,21,22)(H,18,19,20). The summed E-state index contributed by atoms with van der Waals surface area (Å²) in [5, 5.41) is 15.1. The molecule has 5 nitrogen and oxygen atoms in total. The van der Waals surface area contributed by atoms with Crippen molar-refractivity contribution in [1.82, 2.24) is 9.97 Å². The predicted octanol–water partition coefficient (Wildman–Crippen LogP) is 3.94. The Balaban J connectivity index is 1.96. The average Bonchev–Trinajstić information content (AvgIpc) is 2.95. The molecule has 23 heavy (non-hydrogen) atoms. The number of rotatable bonds is 6. The van der Waals surface area contributed by atoms with Gasteiger partial charge in [-0.3, -0.25) is 4.79 Å². The van der Waals surface area contributed by atoms with E-state index in [2.05, 4.69) is 32.8 Å². The zero-order valence-electron chi connectivity index (χ0n) is 12.7. The van der Waals surface area contributed by atoms with Gasteiger partial charge in [-0.2, -0.15) is 0 Å². The third-order valence-electron chi connectivity index (χ3n) is 3.49. The fourth-order valence-electron chi connectivity index (χ4n) is 2.45. The van der Waals surface area contributed by atoms with Crippen LogP contribution in [0.3, 0.4) is 0 Å². The molecule has 0 aliphatic heterocycles. The number of benzene rings is 1. The van der Waals surface area contributed by atoms with Gasteiger partial charge < -0.3 is 10.4 Å². The van der Waals surface area contributed by atoms with E-state index in [1.165, 1.54) is 0 Å². The van der Waals surface area contributed by atoms with E-state index in [1.54, 1.807) is 11.3 Å². The lowest BCUT2D eigenvalue weighted by atomic mass is 10.1. The van der Waals surface area contributed by atoms with Crippen molar-refractivity contribution in [3.8, 4) is 11.1 Å². The van der Waals surface area contributed by atoms with Gasteiger partial charge in [-0.05, 0) is 18.9 Å². The van der Waals surface area contributed by atoms with Crippen LogP contribution in [-0.2, 0) is 4.79 Å². The number of thiophene rings is 1. The number of carboxylic acids is 1. The van der Waals surface area contributed by atoms with E-state index in [4.69, 9.17) is 5.11 Å². The lowest BCUT2D eigenvalue weighted by Gasteiger charge is -2.09. The summed E-state index contributed by atoms with van der Waals surface area (Å²) in [5.74, 6) is 0.703. The van der Waals surface area contributed by atoms with Crippen LogP contribution in [0.2, 0.25) is 0 Å². The van der Waals surface area contributed by atoms with E-state index in [0.29, 0.717) is 18.8 Å². The molecule has 0 amide bonds. The molecular formula is C17H17N3O2S. The molecule has 0 aliphatic carbocycles. The maximum absolute atomic E-state index is 10.6. The highest BCUT2D eigenvalue weighted by Gasteiger charge is 2.14. The number of aliphatic carboxylic acids is 1. The maximum atomic E-state index is 10.6. The van der Waals surface area contributed by atoms with Crippen molar-refractivity contribution in [3.05, 3.63) is 41.5 Å². The molecule has 0 unspecified atom stereocenters. The molecule has 0 saturated carbocycles. The second-order valence-electron chi connectivity index (χ2n) is 5.24. The van der Waals surface area contributed by atoms with Gasteiger partial charge >= 0.3 is 5.97 Å². The first-order valence-electron chi connectivity index (χ1n) is 7.42. The summed E-state index contributed by atoms with van der Waals surface area (Å²) in [7, 11) is 0. The molecule has 0 bridgehead atoms. The Morgan fingerprint density at radius 3 is 2.78 bits per heavy atom. The minimum Gasteiger partial charge on any atom is -0.481 e. The Bertz CT molecular complexity index is 830. The van der Waals surface area contributed by atoms with Crippen LogP contribution < -0.4 is 5.32 Å². The van der Waals surface area contributed by atoms with Gasteiger partial charge in [-0.15, -0.1) is 11.3 Å². The Hall–Kier alpha value is -2.47. The highest BCUT2D eigenvalue weighted by atomic mass is 32.1. The van der Waals surface area contributed by atoms with Gasteiger partial charge in [0.25, 0.3) is 0 Å². The van der Waals surface area contributed by atoms with Crippen LogP contribution in [-0.4, -0.2) is 27.6 Å². The molecule has 0 spiro atoms. The summed E-state index contributed by atoms with van der Waals surface area (Å²) in [4.78, 5) is 20.6. The van der Waals surface area contributed by atoms with Crippen molar-refractivity contribution < 1.29 is 9.90 Å².